The smallest absolute Gasteiger partial charge is 0.314 e. The molecule has 0 bridgehead atoms. The Balaban J connectivity index is 2.19. The fourth-order valence-corrected chi connectivity index (χ4v) is 3.54. The zero-order valence-corrected chi connectivity index (χ0v) is 18.1. The van der Waals surface area contributed by atoms with Gasteiger partial charge in [0, 0.05) is 16.8 Å². The molecule has 1 aromatic heterocycles. The third-order valence-corrected chi connectivity index (χ3v) is 5.35. The van der Waals surface area contributed by atoms with Gasteiger partial charge in [-0.2, -0.15) is 9.78 Å². The average Bonchev–Trinajstić information content (AvgIpc) is 2.62. The number of benzene rings is 2. The van der Waals surface area contributed by atoms with Crippen LogP contribution in [0.1, 0.15) is 20.8 Å². The largest absolute Gasteiger partial charge is 0.482 e. The van der Waals surface area contributed by atoms with Crippen molar-refractivity contribution in [3.63, 3.8) is 0 Å². The van der Waals surface area contributed by atoms with Crippen LogP contribution in [-0.2, 0) is 9.84 Å². The molecule has 0 saturated carbocycles. The molecule has 3 aromatic rings. The first kappa shape index (κ1) is 21.1. The molecule has 0 saturated heterocycles. The van der Waals surface area contributed by atoms with Gasteiger partial charge < -0.3 is 4.74 Å². The van der Waals surface area contributed by atoms with Crippen LogP contribution in [0.5, 0.6) is 5.75 Å². The van der Waals surface area contributed by atoms with E-state index in [0.717, 1.165) is 6.26 Å². The number of aromatic nitrogens is 2. The summed E-state index contributed by atoms with van der Waals surface area (Å²) in [4.78, 5) is 13.4. The maximum atomic E-state index is 13.2. The highest BCUT2D eigenvalue weighted by Crippen LogP contribution is 2.30. The maximum Gasteiger partial charge on any atom is 0.314 e. The molecule has 0 amide bonds. The quantitative estimate of drug-likeness (QED) is 0.619. The summed E-state index contributed by atoms with van der Waals surface area (Å²) in [6, 6.07) is 13.0. The summed E-state index contributed by atoms with van der Waals surface area (Å²) < 4.78 is 30.6. The van der Waals surface area contributed by atoms with Crippen molar-refractivity contribution >= 4 is 21.4 Å². The Labute approximate surface area is 174 Å². The third kappa shape index (κ3) is 4.86. The van der Waals surface area contributed by atoms with Crippen molar-refractivity contribution in [3.8, 4) is 22.6 Å². The topological polar surface area (TPSA) is 78.3 Å². The first-order valence-electron chi connectivity index (χ1n) is 8.83. The fourth-order valence-electron chi connectivity index (χ4n) is 2.72. The predicted molar refractivity (Wildman–Crippen MR) is 114 cm³/mol. The Kier molecular flexibility index (Phi) is 5.56. The second kappa shape index (κ2) is 7.65. The summed E-state index contributed by atoms with van der Waals surface area (Å²) in [6.45, 7) is 5.52. The molecule has 1 heterocycles. The first-order valence-corrected chi connectivity index (χ1v) is 11.1. The van der Waals surface area contributed by atoms with E-state index in [0.29, 0.717) is 21.8 Å². The molecule has 0 aliphatic carbocycles. The number of rotatable bonds is 4. The molecule has 0 aliphatic rings. The Morgan fingerprint density at radius 1 is 1.07 bits per heavy atom. The number of halogens is 1. The van der Waals surface area contributed by atoms with Crippen molar-refractivity contribution in [1.82, 2.24) is 9.78 Å². The molecule has 0 unspecified atom stereocenters. The molecule has 0 atom stereocenters. The van der Waals surface area contributed by atoms with Gasteiger partial charge in [0.15, 0.2) is 15.6 Å². The van der Waals surface area contributed by atoms with Gasteiger partial charge in [0.1, 0.15) is 5.60 Å². The van der Waals surface area contributed by atoms with Gasteiger partial charge in [0.05, 0.1) is 16.8 Å². The minimum absolute atomic E-state index is 0.125. The number of nitrogens with zero attached hydrogens (tertiary/aromatic N) is 2. The van der Waals surface area contributed by atoms with Gasteiger partial charge in [-0.1, -0.05) is 29.8 Å². The number of sulfone groups is 1. The molecular weight excluding hydrogens is 412 g/mol. The lowest BCUT2D eigenvalue weighted by atomic mass is 10.1. The number of ether oxygens (including phenoxy) is 1. The predicted octanol–water partition coefficient (Wildman–Crippen LogP) is 4.13. The minimum Gasteiger partial charge on any atom is -0.482 e. The van der Waals surface area contributed by atoms with Crippen LogP contribution >= 0.6 is 11.6 Å². The van der Waals surface area contributed by atoms with Crippen LogP contribution in [0.3, 0.4) is 0 Å². The molecule has 0 aliphatic heterocycles. The van der Waals surface area contributed by atoms with Crippen LogP contribution in [0.4, 0.5) is 0 Å². The lowest BCUT2D eigenvalue weighted by Crippen LogP contribution is -2.30. The summed E-state index contributed by atoms with van der Waals surface area (Å²) >= 11 is 6.05. The van der Waals surface area contributed by atoms with Crippen LogP contribution in [0, 0.1) is 0 Å². The van der Waals surface area contributed by atoms with E-state index >= 15 is 0 Å². The van der Waals surface area contributed by atoms with Crippen molar-refractivity contribution in [3.05, 3.63) is 70.1 Å². The number of hydrogen-bond donors (Lipinski definition) is 0. The first-order chi connectivity index (χ1) is 13.5. The number of hydrogen-bond acceptors (Lipinski definition) is 5. The van der Waals surface area contributed by atoms with Gasteiger partial charge in [-0.3, -0.25) is 4.79 Å². The van der Waals surface area contributed by atoms with Crippen LogP contribution in [0.2, 0.25) is 5.02 Å². The van der Waals surface area contributed by atoms with E-state index < -0.39 is 21.0 Å². The van der Waals surface area contributed by atoms with E-state index in [-0.39, 0.29) is 10.6 Å². The zero-order chi connectivity index (χ0) is 21.4. The van der Waals surface area contributed by atoms with E-state index in [4.69, 9.17) is 16.3 Å². The third-order valence-electron chi connectivity index (χ3n) is 3.99. The Morgan fingerprint density at radius 2 is 1.72 bits per heavy atom. The normalized spacial score (nSPS) is 12.0. The Morgan fingerprint density at radius 3 is 2.28 bits per heavy atom. The minimum atomic E-state index is -3.32. The molecule has 29 heavy (non-hydrogen) atoms. The lowest BCUT2D eigenvalue weighted by Gasteiger charge is -2.23. The summed E-state index contributed by atoms with van der Waals surface area (Å²) in [6.07, 6.45) is 2.67. The van der Waals surface area contributed by atoms with E-state index in [1.807, 2.05) is 20.8 Å². The molecule has 0 radical (unpaired) electrons. The van der Waals surface area contributed by atoms with Crippen molar-refractivity contribution in [2.24, 2.45) is 0 Å². The second-order valence-corrected chi connectivity index (χ2v) is 10.0. The molecule has 8 heteroatoms. The summed E-state index contributed by atoms with van der Waals surface area (Å²) in [7, 11) is -3.32. The molecule has 152 valence electrons. The van der Waals surface area contributed by atoms with Gasteiger partial charge in [0.2, 0.25) is 0 Å². The molecule has 0 N–H and O–H groups in total. The SMILES string of the molecule is CC(C)(C)Oc1c(-c2ccc(S(C)(=O)=O)cc2)cnn(-c2cccc(Cl)c2)c1=O. The van der Waals surface area contributed by atoms with Crippen molar-refractivity contribution < 1.29 is 13.2 Å². The van der Waals surface area contributed by atoms with Crippen molar-refractivity contribution in [1.29, 1.82) is 0 Å². The second-order valence-electron chi connectivity index (χ2n) is 7.60. The van der Waals surface area contributed by atoms with E-state index in [2.05, 4.69) is 5.10 Å². The van der Waals surface area contributed by atoms with Crippen LogP contribution in [0.25, 0.3) is 16.8 Å². The van der Waals surface area contributed by atoms with E-state index in [9.17, 15) is 13.2 Å². The summed E-state index contributed by atoms with van der Waals surface area (Å²) in [5.41, 5.74) is 0.545. The highest BCUT2D eigenvalue weighted by molar-refractivity contribution is 7.90. The van der Waals surface area contributed by atoms with Gasteiger partial charge in [-0.05, 0) is 56.7 Å². The Hall–Kier alpha value is -2.64. The standard InChI is InChI=1S/C21H21ClN2O4S/c1-21(2,3)28-19-18(14-8-10-17(11-9-14)29(4,26)27)13-23-24(20(19)25)16-7-5-6-15(22)12-16/h5-13H,1-4H3. The highest BCUT2D eigenvalue weighted by Gasteiger charge is 2.22. The molecule has 0 spiro atoms. The highest BCUT2D eigenvalue weighted by atomic mass is 35.5. The monoisotopic (exact) mass is 432 g/mol. The van der Waals surface area contributed by atoms with E-state index in [1.54, 1.807) is 36.4 Å². The summed E-state index contributed by atoms with van der Waals surface area (Å²) in [5.74, 6) is 0.125. The van der Waals surface area contributed by atoms with Crippen LogP contribution in [0.15, 0.2) is 64.4 Å². The van der Waals surface area contributed by atoms with E-state index in [1.165, 1.54) is 23.0 Å². The van der Waals surface area contributed by atoms with Gasteiger partial charge in [-0.25, -0.2) is 8.42 Å². The molecule has 6 nitrogen and oxygen atoms in total. The van der Waals surface area contributed by atoms with Gasteiger partial charge in [0.25, 0.3) is 0 Å². The maximum absolute atomic E-state index is 13.2. The molecular formula is C21H21ClN2O4S. The lowest BCUT2D eigenvalue weighted by molar-refractivity contribution is 0.128. The zero-order valence-electron chi connectivity index (χ0n) is 16.5. The summed E-state index contributed by atoms with van der Waals surface area (Å²) in [5, 5.41) is 4.76. The molecule has 3 rings (SSSR count). The Bertz CT molecular complexity index is 1210. The van der Waals surface area contributed by atoms with Crippen LogP contribution < -0.4 is 10.3 Å². The van der Waals surface area contributed by atoms with Gasteiger partial charge in [-0.15, -0.1) is 0 Å². The molecule has 2 aromatic carbocycles. The molecule has 0 fully saturated rings. The van der Waals surface area contributed by atoms with Crippen LogP contribution in [-0.4, -0.2) is 30.1 Å². The van der Waals surface area contributed by atoms with Crippen molar-refractivity contribution in [2.45, 2.75) is 31.3 Å². The van der Waals surface area contributed by atoms with Gasteiger partial charge >= 0.3 is 5.56 Å². The fraction of sp³-hybridized carbons (Fsp3) is 0.238. The van der Waals surface area contributed by atoms with Crippen molar-refractivity contribution in [2.75, 3.05) is 6.26 Å². The average molecular weight is 433 g/mol.